The highest BCUT2D eigenvalue weighted by Crippen LogP contribution is 2.32. The molecule has 0 spiro atoms. The van der Waals surface area contributed by atoms with E-state index in [0.717, 1.165) is 60.4 Å². The van der Waals surface area contributed by atoms with Gasteiger partial charge in [-0.25, -0.2) is 13.8 Å². The van der Waals surface area contributed by atoms with Crippen molar-refractivity contribution in [1.82, 2.24) is 30.0 Å². The van der Waals surface area contributed by atoms with Crippen molar-refractivity contribution < 1.29 is 13.5 Å². The first-order chi connectivity index (χ1) is 15.9. The van der Waals surface area contributed by atoms with Crippen molar-refractivity contribution in [2.75, 3.05) is 27.2 Å². The van der Waals surface area contributed by atoms with Crippen LogP contribution in [0.4, 0.5) is 8.78 Å². The summed E-state index contributed by atoms with van der Waals surface area (Å²) < 4.78 is 33.1. The Balaban J connectivity index is 1.36. The molecule has 1 aliphatic rings. The molecule has 0 amide bonds. The van der Waals surface area contributed by atoms with Gasteiger partial charge >= 0.3 is 0 Å². The van der Waals surface area contributed by atoms with Crippen LogP contribution in [0.15, 0.2) is 36.4 Å². The molecule has 1 unspecified atom stereocenters. The maximum absolute atomic E-state index is 13.6. The van der Waals surface area contributed by atoms with Gasteiger partial charge in [0, 0.05) is 37.6 Å². The van der Waals surface area contributed by atoms with Crippen LogP contribution < -0.4 is 4.74 Å². The van der Waals surface area contributed by atoms with E-state index < -0.39 is 17.7 Å². The highest BCUT2D eigenvalue weighted by molar-refractivity contribution is 5.92. The van der Waals surface area contributed by atoms with Crippen molar-refractivity contribution in [2.45, 2.75) is 26.1 Å². The second-order valence-corrected chi connectivity index (χ2v) is 8.77. The molecule has 9 heteroatoms. The first kappa shape index (κ1) is 21.5. The Morgan fingerprint density at radius 1 is 1.12 bits per heavy atom. The maximum Gasteiger partial charge on any atom is 0.159 e. The predicted octanol–water partition coefficient (Wildman–Crippen LogP) is 4.25. The number of rotatable bonds is 7. The quantitative estimate of drug-likeness (QED) is 0.439. The Morgan fingerprint density at radius 3 is 2.64 bits per heavy atom. The number of aromatic amines is 2. The fourth-order valence-corrected chi connectivity index (χ4v) is 4.14. The molecule has 0 aliphatic carbocycles. The van der Waals surface area contributed by atoms with Gasteiger partial charge in [-0.3, -0.25) is 10.00 Å². The van der Waals surface area contributed by atoms with E-state index in [1.54, 1.807) is 13.0 Å². The van der Waals surface area contributed by atoms with Crippen molar-refractivity contribution in [3.05, 3.63) is 65.0 Å². The molecule has 4 aromatic rings. The van der Waals surface area contributed by atoms with Crippen LogP contribution in [0, 0.1) is 11.6 Å². The molecule has 1 atom stereocenters. The van der Waals surface area contributed by atoms with Crippen LogP contribution >= 0.6 is 0 Å². The molecule has 0 radical (unpaired) electrons. The van der Waals surface area contributed by atoms with Crippen LogP contribution in [-0.2, 0) is 13.1 Å². The average molecular weight is 453 g/mol. The van der Waals surface area contributed by atoms with Gasteiger partial charge in [-0.15, -0.1) is 0 Å². The lowest BCUT2D eigenvalue weighted by Crippen LogP contribution is -2.28. The highest BCUT2D eigenvalue weighted by atomic mass is 19.1. The molecule has 0 fully saturated rings. The number of aromatic nitrogens is 4. The Morgan fingerprint density at radius 2 is 1.91 bits per heavy atom. The molecule has 2 aromatic carbocycles. The van der Waals surface area contributed by atoms with E-state index in [-0.39, 0.29) is 0 Å². The third-order valence-corrected chi connectivity index (χ3v) is 5.91. The fourth-order valence-electron chi connectivity index (χ4n) is 4.14. The molecule has 1 aliphatic heterocycles. The summed E-state index contributed by atoms with van der Waals surface area (Å²) in [5, 5.41) is 8.37. The van der Waals surface area contributed by atoms with E-state index in [4.69, 9.17) is 9.72 Å². The predicted molar refractivity (Wildman–Crippen MR) is 122 cm³/mol. The summed E-state index contributed by atoms with van der Waals surface area (Å²) in [6, 6.07) is 8.96. The molecule has 0 bridgehead atoms. The number of imidazole rings is 1. The first-order valence-electron chi connectivity index (χ1n) is 10.9. The minimum atomic E-state index is -0.626. The number of likely N-dealkylation sites (N-methyl/N-ethyl adjacent to an activating group) is 1. The standard InChI is InChI=1S/C24H26F2N6O/c1-14(15-8-16(25)10-17(26)9-15)33-18-4-5-20-19(11-18)23(30-29-20)24-27-21-12-32(7-6-31(2)3)13-22(21)28-24/h4-5,8-11,14H,6-7,12-13H2,1-3H3,(H,27,28)(H,29,30). The number of hydrogen-bond donors (Lipinski definition) is 2. The van der Waals surface area contributed by atoms with Crippen molar-refractivity contribution in [3.8, 4) is 17.3 Å². The fraction of sp³-hybridized carbons (Fsp3) is 0.333. The third-order valence-electron chi connectivity index (χ3n) is 5.91. The number of halogens is 2. The van der Waals surface area contributed by atoms with Gasteiger partial charge in [0.2, 0.25) is 0 Å². The third kappa shape index (κ3) is 4.46. The first-order valence-corrected chi connectivity index (χ1v) is 10.9. The molecular weight excluding hydrogens is 426 g/mol. The second-order valence-electron chi connectivity index (χ2n) is 8.77. The summed E-state index contributed by atoms with van der Waals surface area (Å²) >= 11 is 0. The van der Waals surface area contributed by atoms with Crippen LogP contribution in [0.25, 0.3) is 22.4 Å². The van der Waals surface area contributed by atoms with Gasteiger partial charge in [-0.2, -0.15) is 5.10 Å². The number of nitrogens with zero attached hydrogens (tertiary/aromatic N) is 4. The molecular formula is C24H26F2N6O. The number of H-pyrrole nitrogens is 2. The smallest absolute Gasteiger partial charge is 0.159 e. The van der Waals surface area contributed by atoms with Crippen LogP contribution in [0.3, 0.4) is 0 Å². The van der Waals surface area contributed by atoms with E-state index in [0.29, 0.717) is 17.0 Å². The summed E-state index contributed by atoms with van der Waals surface area (Å²) in [7, 11) is 4.15. The van der Waals surface area contributed by atoms with Gasteiger partial charge in [-0.1, -0.05) is 0 Å². The van der Waals surface area contributed by atoms with Gasteiger partial charge in [0.25, 0.3) is 0 Å². The van der Waals surface area contributed by atoms with Crippen LogP contribution in [0.1, 0.15) is 30.0 Å². The molecule has 3 heterocycles. The topological polar surface area (TPSA) is 73.1 Å². The van der Waals surface area contributed by atoms with E-state index in [1.165, 1.54) is 12.1 Å². The van der Waals surface area contributed by atoms with Crippen LogP contribution in [0.5, 0.6) is 5.75 Å². The summed E-state index contributed by atoms with van der Waals surface area (Å²) in [6.07, 6.45) is -0.524. The summed E-state index contributed by atoms with van der Waals surface area (Å²) in [4.78, 5) is 12.8. The van der Waals surface area contributed by atoms with Gasteiger partial charge in [0.05, 0.1) is 16.9 Å². The monoisotopic (exact) mass is 452 g/mol. The number of nitrogens with one attached hydrogen (secondary N) is 2. The van der Waals surface area contributed by atoms with E-state index in [2.05, 4.69) is 39.1 Å². The number of fused-ring (bicyclic) bond motifs is 2. The zero-order chi connectivity index (χ0) is 23.1. The van der Waals surface area contributed by atoms with Gasteiger partial charge < -0.3 is 14.6 Å². The number of hydrogen-bond acceptors (Lipinski definition) is 5. The zero-order valence-corrected chi connectivity index (χ0v) is 18.8. The lowest BCUT2D eigenvalue weighted by molar-refractivity contribution is 0.226. The summed E-state index contributed by atoms with van der Waals surface area (Å²) in [5.41, 5.74) is 4.17. The number of ether oxygens (including phenoxy) is 1. The molecule has 2 N–H and O–H groups in total. The molecule has 2 aromatic heterocycles. The lowest BCUT2D eigenvalue weighted by Gasteiger charge is -2.17. The van der Waals surface area contributed by atoms with Crippen LogP contribution in [-0.4, -0.2) is 57.1 Å². The normalized spacial score (nSPS) is 14.8. The molecule has 33 heavy (non-hydrogen) atoms. The second kappa shape index (κ2) is 8.57. The van der Waals surface area contributed by atoms with Crippen molar-refractivity contribution in [3.63, 3.8) is 0 Å². The lowest BCUT2D eigenvalue weighted by atomic mass is 10.1. The molecule has 172 valence electrons. The largest absolute Gasteiger partial charge is 0.486 e. The van der Waals surface area contributed by atoms with E-state index in [9.17, 15) is 8.78 Å². The SMILES string of the molecule is CC(Oc1ccc2[nH]nc(-c3nc4c([nH]3)CN(CCN(C)C)C4)c2c1)c1cc(F)cc(F)c1. The minimum Gasteiger partial charge on any atom is -0.486 e. The Kier molecular flexibility index (Phi) is 5.59. The van der Waals surface area contributed by atoms with Crippen molar-refractivity contribution in [2.24, 2.45) is 0 Å². The van der Waals surface area contributed by atoms with Gasteiger partial charge in [0.1, 0.15) is 29.2 Å². The van der Waals surface area contributed by atoms with Gasteiger partial charge in [0.15, 0.2) is 5.82 Å². The highest BCUT2D eigenvalue weighted by Gasteiger charge is 2.25. The maximum atomic E-state index is 13.6. The van der Waals surface area contributed by atoms with Crippen LogP contribution in [0.2, 0.25) is 0 Å². The summed E-state index contributed by atoms with van der Waals surface area (Å²) in [6.45, 7) is 5.41. The van der Waals surface area contributed by atoms with Crippen molar-refractivity contribution in [1.29, 1.82) is 0 Å². The molecule has 0 saturated heterocycles. The van der Waals surface area contributed by atoms with E-state index >= 15 is 0 Å². The molecule has 7 nitrogen and oxygen atoms in total. The Hall–Kier alpha value is -3.30. The van der Waals surface area contributed by atoms with E-state index in [1.807, 2.05) is 12.1 Å². The Labute approximate surface area is 190 Å². The average Bonchev–Trinajstić information content (AvgIpc) is 3.43. The van der Waals surface area contributed by atoms with Crippen molar-refractivity contribution >= 4 is 10.9 Å². The number of benzene rings is 2. The van der Waals surface area contributed by atoms with Gasteiger partial charge in [-0.05, 0) is 56.9 Å². The molecule has 0 saturated carbocycles. The minimum absolute atomic E-state index is 0.432. The Bertz CT molecular complexity index is 1250. The zero-order valence-electron chi connectivity index (χ0n) is 18.8. The summed E-state index contributed by atoms with van der Waals surface area (Å²) in [5.74, 6) is 0.0468. The molecule has 5 rings (SSSR count).